The molecule has 1 amide bonds. The molecule has 0 bridgehead atoms. The van der Waals surface area contributed by atoms with Crippen molar-refractivity contribution in [1.82, 2.24) is 5.32 Å². The van der Waals surface area contributed by atoms with E-state index in [0.717, 1.165) is 9.99 Å². The van der Waals surface area contributed by atoms with Gasteiger partial charge in [0.25, 0.3) is 0 Å². The van der Waals surface area contributed by atoms with E-state index >= 15 is 0 Å². The highest BCUT2D eigenvalue weighted by Crippen LogP contribution is 2.28. The van der Waals surface area contributed by atoms with Gasteiger partial charge in [-0.05, 0) is 45.4 Å². The Hall–Kier alpha value is -0.530. The molecule has 0 spiro atoms. The number of alkyl halides is 1. The summed E-state index contributed by atoms with van der Waals surface area (Å²) in [7, 11) is 0. The third-order valence-electron chi connectivity index (χ3n) is 2.90. The maximum Gasteiger partial charge on any atom is 0.407 e. The van der Waals surface area contributed by atoms with Crippen molar-refractivity contribution < 1.29 is 14.3 Å². The Morgan fingerprint density at radius 3 is 2.32 bits per heavy atom. The van der Waals surface area contributed by atoms with E-state index in [2.05, 4.69) is 27.9 Å². The molecule has 0 heterocycles. The summed E-state index contributed by atoms with van der Waals surface area (Å²) in [5.74, 6) is 0. The number of ether oxygens (including phenoxy) is 2. The first-order valence-electron chi connectivity index (χ1n) is 7.09. The predicted octanol–water partition coefficient (Wildman–Crippen LogP) is 4.53. The first-order valence-corrected chi connectivity index (χ1v) is 8.99. The number of alkyl carbamates (subject to hydrolysis) is 1. The first kappa shape index (κ1) is 19.5. The van der Waals surface area contributed by atoms with Crippen LogP contribution in [0.1, 0.15) is 33.3 Å². The molecular formula is C16H23ClINO3. The van der Waals surface area contributed by atoms with Crippen molar-refractivity contribution in [2.24, 2.45) is 0 Å². The molecule has 1 atom stereocenters. The number of rotatable bonds is 6. The summed E-state index contributed by atoms with van der Waals surface area (Å²) in [6.07, 6.45) is -0.432. The van der Waals surface area contributed by atoms with Gasteiger partial charge in [-0.1, -0.05) is 46.3 Å². The summed E-state index contributed by atoms with van der Waals surface area (Å²) in [5.41, 5.74) is 0.148. The van der Waals surface area contributed by atoms with Gasteiger partial charge in [-0.25, -0.2) is 4.79 Å². The lowest BCUT2D eigenvalue weighted by atomic mass is 9.98. The largest absolute Gasteiger partial charge is 0.444 e. The molecule has 0 fully saturated rings. The van der Waals surface area contributed by atoms with Gasteiger partial charge in [-0.3, -0.25) is 0 Å². The topological polar surface area (TPSA) is 47.6 Å². The Morgan fingerprint density at radius 1 is 1.23 bits per heavy atom. The highest BCUT2D eigenvalue weighted by atomic mass is 127. The van der Waals surface area contributed by atoms with Gasteiger partial charge in [-0.15, -0.1) is 0 Å². The number of carbonyl (C=O) groups excluding carboxylic acids is 1. The predicted molar refractivity (Wildman–Crippen MR) is 97.9 cm³/mol. The minimum absolute atomic E-state index is 0.398. The summed E-state index contributed by atoms with van der Waals surface area (Å²) >= 11 is 8.21. The number of benzene rings is 1. The molecule has 124 valence electrons. The Labute approximate surface area is 151 Å². The number of amides is 1. The highest BCUT2D eigenvalue weighted by Gasteiger charge is 2.26. The van der Waals surface area contributed by atoms with Crippen LogP contribution in [-0.2, 0) is 15.1 Å². The van der Waals surface area contributed by atoms with E-state index in [9.17, 15) is 4.79 Å². The van der Waals surface area contributed by atoms with Crippen LogP contribution in [0.3, 0.4) is 0 Å². The smallest absolute Gasteiger partial charge is 0.407 e. The lowest BCUT2D eigenvalue weighted by Crippen LogP contribution is -2.36. The van der Waals surface area contributed by atoms with Crippen molar-refractivity contribution in [2.75, 3.05) is 17.6 Å². The molecule has 0 aliphatic rings. The minimum Gasteiger partial charge on any atom is -0.444 e. The summed E-state index contributed by atoms with van der Waals surface area (Å²) in [5, 5.41) is 3.39. The maximum absolute atomic E-state index is 11.6. The van der Waals surface area contributed by atoms with E-state index < -0.39 is 17.3 Å². The standard InChI is InChI=1S/C16H23ClINO3/c1-15(2,3)22-14(20)19-9-10-21-16(4,11-18)12-5-7-13(17)8-6-12/h5-8H,9-11H2,1-4H3,(H,19,20)/t16-/m1/s1. The molecule has 0 aliphatic heterocycles. The Bertz CT molecular complexity index is 487. The summed E-state index contributed by atoms with van der Waals surface area (Å²) in [4.78, 5) is 11.6. The monoisotopic (exact) mass is 439 g/mol. The van der Waals surface area contributed by atoms with Gasteiger partial charge in [0.2, 0.25) is 0 Å². The Balaban J connectivity index is 2.47. The normalized spacial score (nSPS) is 14.3. The van der Waals surface area contributed by atoms with Crippen molar-refractivity contribution in [3.63, 3.8) is 0 Å². The molecule has 1 aromatic carbocycles. The van der Waals surface area contributed by atoms with E-state index in [1.165, 1.54) is 0 Å². The summed E-state index contributed by atoms with van der Waals surface area (Å²) < 4.78 is 11.9. The zero-order chi connectivity index (χ0) is 16.8. The molecule has 6 heteroatoms. The van der Waals surface area contributed by atoms with E-state index in [4.69, 9.17) is 21.1 Å². The van der Waals surface area contributed by atoms with Crippen LogP contribution in [0.25, 0.3) is 0 Å². The van der Waals surface area contributed by atoms with Crippen molar-refractivity contribution in [3.05, 3.63) is 34.9 Å². The molecule has 0 aliphatic carbocycles. The van der Waals surface area contributed by atoms with Crippen LogP contribution in [0.4, 0.5) is 4.79 Å². The van der Waals surface area contributed by atoms with Gasteiger partial charge >= 0.3 is 6.09 Å². The average Bonchev–Trinajstić information content (AvgIpc) is 2.42. The molecule has 22 heavy (non-hydrogen) atoms. The van der Waals surface area contributed by atoms with Gasteiger partial charge in [0, 0.05) is 16.0 Å². The van der Waals surface area contributed by atoms with E-state index in [1.54, 1.807) is 0 Å². The molecule has 0 unspecified atom stereocenters. The fourth-order valence-electron chi connectivity index (χ4n) is 1.75. The SMILES string of the molecule is CC(C)(C)OC(=O)NCCO[C@](C)(CI)c1ccc(Cl)cc1. The molecule has 0 radical (unpaired) electrons. The summed E-state index contributed by atoms with van der Waals surface area (Å²) in [6, 6.07) is 7.62. The maximum atomic E-state index is 11.6. The fraction of sp³-hybridized carbons (Fsp3) is 0.562. The van der Waals surface area contributed by atoms with Crippen LogP contribution >= 0.6 is 34.2 Å². The number of carbonyl (C=O) groups is 1. The number of hydrogen-bond donors (Lipinski definition) is 1. The van der Waals surface area contributed by atoms with E-state index in [-0.39, 0.29) is 0 Å². The van der Waals surface area contributed by atoms with Gasteiger partial charge in [0.05, 0.1) is 12.2 Å². The molecule has 0 aromatic heterocycles. The summed E-state index contributed by atoms with van der Waals surface area (Å²) in [6.45, 7) is 8.32. The lowest BCUT2D eigenvalue weighted by Gasteiger charge is -2.29. The fourth-order valence-corrected chi connectivity index (χ4v) is 2.53. The molecule has 1 N–H and O–H groups in total. The van der Waals surface area contributed by atoms with Crippen LogP contribution < -0.4 is 5.32 Å². The number of nitrogens with one attached hydrogen (secondary N) is 1. The molecule has 1 aromatic rings. The number of hydrogen-bond acceptors (Lipinski definition) is 3. The van der Waals surface area contributed by atoms with Crippen LogP contribution in [0.15, 0.2) is 24.3 Å². The van der Waals surface area contributed by atoms with Gasteiger partial charge < -0.3 is 14.8 Å². The Morgan fingerprint density at radius 2 is 1.82 bits per heavy atom. The van der Waals surface area contributed by atoms with E-state index in [1.807, 2.05) is 52.0 Å². The number of halogens is 2. The zero-order valence-corrected chi connectivity index (χ0v) is 16.3. The van der Waals surface area contributed by atoms with Gasteiger partial charge in [0.15, 0.2) is 0 Å². The van der Waals surface area contributed by atoms with Crippen molar-refractivity contribution >= 4 is 40.3 Å². The van der Waals surface area contributed by atoms with Crippen LogP contribution in [0, 0.1) is 0 Å². The third kappa shape index (κ3) is 6.71. The van der Waals surface area contributed by atoms with Crippen LogP contribution in [0.2, 0.25) is 5.02 Å². The molecule has 0 saturated heterocycles. The highest BCUT2D eigenvalue weighted by molar-refractivity contribution is 14.1. The zero-order valence-electron chi connectivity index (χ0n) is 13.4. The quantitative estimate of drug-likeness (QED) is 0.402. The lowest BCUT2D eigenvalue weighted by molar-refractivity contribution is -0.0149. The second-order valence-electron chi connectivity index (χ2n) is 6.15. The van der Waals surface area contributed by atoms with Gasteiger partial charge in [0.1, 0.15) is 5.60 Å². The molecular weight excluding hydrogens is 417 g/mol. The minimum atomic E-state index is -0.495. The first-order chi connectivity index (χ1) is 10.2. The molecule has 4 nitrogen and oxygen atoms in total. The second-order valence-corrected chi connectivity index (χ2v) is 7.35. The van der Waals surface area contributed by atoms with Crippen molar-refractivity contribution in [1.29, 1.82) is 0 Å². The van der Waals surface area contributed by atoms with Crippen molar-refractivity contribution in [3.8, 4) is 0 Å². The van der Waals surface area contributed by atoms with Gasteiger partial charge in [-0.2, -0.15) is 0 Å². The second kappa shape index (κ2) is 8.36. The van der Waals surface area contributed by atoms with Crippen molar-refractivity contribution in [2.45, 2.75) is 38.9 Å². The molecule has 1 rings (SSSR count). The average molecular weight is 440 g/mol. The van der Waals surface area contributed by atoms with Crippen LogP contribution in [0.5, 0.6) is 0 Å². The van der Waals surface area contributed by atoms with E-state index in [0.29, 0.717) is 18.2 Å². The molecule has 0 saturated carbocycles. The Kier molecular flexibility index (Phi) is 7.41. The van der Waals surface area contributed by atoms with Crippen LogP contribution in [-0.4, -0.2) is 29.3 Å². The third-order valence-corrected chi connectivity index (χ3v) is 4.61.